The van der Waals surface area contributed by atoms with Crippen LogP contribution in [-0.4, -0.2) is 38.6 Å². The van der Waals surface area contributed by atoms with Gasteiger partial charge in [0, 0.05) is 35.3 Å². The van der Waals surface area contributed by atoms with Crippen molar-refractivity contribution in [1.29, 1.82) is 5.26 Å². The third-order valence-corrected chi connectivity index (χ3v) is 9.19. The van der Waals surface area contributed by atoms with Gasteiger partial charge in [-0.15, -0.1) is 0 Å². The normalized spacial score (nSPS) is 14.6. The van der Waals surface area contributed by atoms with Gasteiger partial charge >= 0.3 is 0 Å². The molecule has 0 N–H and O–H groups in total. The number of ether oxygens (including phenoxy) is 2. The number of nitriles is 1. The summed E-state index contributed by atoms with van der Waals surface area (Å²) >= 11 is 7.14. The Morgan fingerprint density at radius 3 is 1.76 bits per heavy atom. The van der Waals surface area contributed by atoms with Crippen molar-refractivity contribution < 1.29 is 23.0 Å². The first-order chi connectivity index (χ1) is 22.3. The number of allylic oxidation sites excluding steroid dienone is 1. The number of benzene rings is 4. The maximum atomic E-state index is 13.2. The number of nitrogens with zero attached hydrogens (tertiary/aromatic N) is 5. The molecule has 0 saturated carbocycles. The Bertz CT molecular complexity index is 2240. The van der Waals surface area contributed by atoms with Crippen molar-refractivity contribution in [1.82, 2.24) is 19.6 Å². The second kappa shape index (κ2) is 12.2. The van der Waals surface area contributed by atoms with E-state index >= 15 is 0 Å². The summed E-state index contributed by atoms with van der Waals surface area (Å²) in [6.07, 6.45) is 6.08. The minimum Gasteiger partial charge on any atom is -0.491 e. The van der Waals surface area contributed by atoms with Crippen LogP contribution in [0.5, 0.6) is 11.5 Å². The predicted octanol–water partition coefficient (Wildman–Crippen LogP) is 8.51. The van der Waals surface area contributed by atoms with Crippen LogP contribution in [0.15, 0.2) is 88.1 Å². The second-order valence-corrected chi connectivity index (χ2v) is 12.1. The summed E-state index contributed by atoms with van der Waals surface area (Å²) in [5.74, 6) is 0.733. The fraction of sp³-hybridized carbons (Fsp3) is 0.118. The largest absolute Gasteiger partial charge is 0.491 e. The molecule has 0 atom stereocenters. The van der Waals surface area contributed by atoms with E-state index in [1.807, 2.05) is 6.07 Å². The van der Waals surface area contributed by atoms with Gasteiger partial charge < -0.3 is 9.47 Å². The van der Waals surface area contributed by atoms with Crippen LogP contribution in [0.25, 0.3) is 38.8 Å². The van der Waals surface area contributed by atoms with E-state index in [9.17, 15) is 13.6 Å². The first-order valence-electron chi connectivity index (χ1n) is 14.1. The molecule has 0 bridgehead atoms. The number of rotatable bonds is 2. The van der Waals surface area contributed by atoms with Gasteiger partial charge in [-0.1, -0.05) is 0 Å². The van der Waals surface area contributed by atoms with E-state index in [0.29, 0.717) is 47.6 Å². The maximum absolute atomic E-state index is 13.2. The Hall–Kier alpha value is -4.86. The van der Waals surface area contributed by atoms with Crippen LogP contribution >= 0.6 is 31.9 Å². The lowest BCUT2D eigenvalue weighted by Gasteiger charge is -2.21. The maximum Gasteiger partial charge on any atom is 0.170 e. The van der Waals surface area contributed by atoms with Gasteiger partial charge in [0.1, 0.15) is 23.1 Å². The van der Waals surface area contributed by atoms with Crippen LogP contribution in [0.4, 0.5) is 8.78 Å². The molecule has 0 spiro atoms. The highest BCUT2D eigenvalue weighted by molar-refractivity contribution is 9.11. The first kappa shape index (κ1) is 29.8. The van der Waals surface area contributed by atoms with Crippen LogP contribution in [0.3, 0.4) is 0 Å². The number of carbonyl (C=O) groups is 1. The molecule has 228 valence electrons. The molecule has 12 heteroatoms. The van der Waals surface area contributed by atoms with Crippen molar-refractivity contribution in [2.75, 3.05) is 13.2 Å². The average Bonchev–Trinajstić information content (AvgIpc) is 3.69. The fourth-order valence-electron chi connectivity index (χ4n) is 5.56. The lowest BCUT2D eigenvalue weighted by molar-refractivity contribution is 0.0933. The molecule has 8 nitrogen and oxygen atoms in total. The zero-order valence-corrected chi connectivity index (χ0v) is 27.0. The second-order valence-electron chi connectivity index (χ2n) is 10.5. The molecule has 4 aromatic carbocycles. The predicted molar refractivity (Wildman–Crippen MR) is 176 cm³/mol. The standard InChI is InChI=1S/C18H11BrFN3O.C16H10BrFN2O2/c19-16-17-12(9-15-11(5-7-21)6-8-24-18(15)16)10-22-23(17)14-3-1-13(20)2-4-14;17-14-15-9(7-12-13(21)5-6-22-16(12)14)8-19-20(15)11-3-1-10(18)2-4-11/h1-5,9-10H,6,8H2;1-4,7-8H,5-6H2. The molecule has 8 rings (SSSR count). The lowest BCUT2D eigenvalue weighted by Crippen LogP contribution is -2.15. The van der Waals surface area contributed by atoms with Gasteiger partial charge in [0.15, 0.2) is 5.78 Å². The molecular weight excluding hydrogens is 724 g/mol. The molecule has 46 heavy (non-hydrogen) atoms. The number of carbonyl (C=O) groups excluding carboxylic acids is 1. The van der Waals surface area contributed by atoms with E-state index in [0.717, 1.165) is 48.8 Å². The van der Waals surface area contributed by atoms with Crippen LogP contribution in [0.1, 0.15) is 28.8 Å². The van der Waals surface area contributed by atoms with Crippen molar-refractivity contribution in [3.63, 3.8) is 0 Å². The highest BCUT2D eigenvalue weighted by Gasteiger charge is 2.25. The van der Waals surface area contributed by atoms with Crippen molar-refractivity contribution in [3.8, 4) is 28.9 Å². The van der Waals surface area contributed by atoms with Gasteiger partial charge in [0.25, 0.3) is 0 Å². The molecule has 6 aromatic rings. The van der Waals surface area contributed by atoms with Gasteiger partial charge in [0.05, 0.1) is 68.6 Å². The molecule has 0 amide bonds. The highest BCUT2D eigenvalue weighted by atomic mass is 79.9. The van der Waals surface area contributed by atoms with E-state index in [1.165, 1.54) is 24.3 Å². The van der Waals surface area contributed by atoms with Crippen molar-refractivity contribution in [3.05, 3.63) is 111 Å². The number of halogens is 4. The summed E-state index contributed by atoms with van der Waals surface area (Å²) in [6.45, 7) is 0.899. The van der Waals surface area contributed by atoms with Crippen LogP contribution in [0, 0.1) is 23.0 Å². The lowest BCUT2D eigenvalue weighted by atomic mass is 9.98. The zero-order chi connectivity index (χ0) is 31.9. The first-order valence-corrected chi connectivity index (χ1v) is 15.7. The molecule has 4 heterocycles. The van der Waals surface area contributed by atoms with Crippen molar-refractivity contribution in [2.24, 2.45) is 0 Å². The molecule has 0 aliphatic carbocycles. The Labute approximate surface area is 277 Å². The van der Waals surface area contributed by atoms with E-state index < -0.39 is 0 Å². The van der Waals surface area contributed by atoms with Crippen molar-refractivity contribution >= 4 is 65.0 Å². The zero-order valence-electron chi connectivity index (χ0n) is 23.8. The molecule has 2 aliphatic rings. The molecule has 0 radical (unpaired) electrons. The smallest absolute Gasteiger partial charge is 0.170 e. The summed E-state index contributed by atoms with van der Waals surface area (Å²) in [6, 6.07) is 18.1. The molecule has 2 aromatic heterocycles. The summed E-state index contributed by atoms with van der Waals surface area (Å²) in [5, 5.41) is 19.5. The number of ketones is 1. The third kappa shape index (κ3) is 5.25. The van der Waals surface area contributed by atoms with E-state index in [1.54, 1.807) is 58.2 Å². The molecule has 0 saturated heterocycles. The van der Waals surface area contributed by atoms with E-state index in [4.69, 9.17) is 14.7 Å². The SMILES string of the molecule is N#CC=C1CCOc2c1cc1cnn(-c3ccc(F)cc3)c1c2Br.O=C1CCOc2c1cc1cnn(-c3ccc(F)cc3)c1c2Br. The molecular formula is C34H21Br2F2N5O3. The summed E-state index contributed by atoms with van der Waals surface area (Å²) in [7, 11) is 0. The van der Waals surface area contributed by atoms with Gasteiger partial charge in [-0.2, -0.15) is 15.5 Å². The molecule has 0 fully saturated rings. The highest BCUT2D eigenvalue weighted by Crippen LogP contribution is 2.44. The number of Topliss-reactive ketones (excluding diaryl/α,β-unsaturated/α-hetero) is 1. The quantitative estimate of drug-likeness (QED) is 0.165. The number of hydrogen-bond donors (Lipinski definition) is 0. The number of hydrogen-bond acceptors (Lipinski definition) is 6. The Balaban J connectivity index is 0.000000147. The topological polar surface area (TPSA) is 95.0 Å². The van der Waals surface area contributed by atoms with E-state index in [-0.39, 0.29) is 17.4 Å². The van der Waals surface area contributed by atoms with Gasteiger partial charge in [-0.3, -0.25) is 4.79 Å². The fourth-order valence-corrected chi connectivity index (χ4v) is 7.01. The minimum atomic E-state index is -0.300. The number of aromatic nitrogens is 4. The van der Waals surface area contributed by atoms with Crippen LogP contribution in [-0.2, 0) is 0 Å². The van der Waals surface area contributed by atoms with Crippen LogP contribution in [0.2, 0.25) is 0 Å². The minimum absolute atomic E-state index is 0.0679. The number of fused-ring (bicyclic) bond motifs is 4. The Kier molecular flexibility index (Phi) is 7.88. The molecule has 2 aliphatic heterocycles. The van der Waals surface area contributed by atoms with Gasteiger partial charge in [-0.05, 0) is 98.1 Å². The third-order valence-electron chi connectivity index (χ3n) is 7.72. The summed E-state index contributed by atoms with van der Waals surface area (Å²) in [5.41, 5.74) is 5.56. The molecule has 0 unspecified atom stereocenters. The Morgan fingerprint density at radius 1 is 0.761 bits per heavy atom. The van der Waals surface area contributed by atoms with Gasteiger partial charge in [-0.25, -0.2) is 18.1 Å². The summed E-state index contributed by atoms with van der Waals surface area (Å²) < 4.78 is 42.6. The average molecular weight is 745 g/mol. The van der Waals surface area contributed by atoms with E-state index in [2.05, 4.69) is 48.1 Å². The Morgan fingerprint density at radius 2 is 1.24 bits per heavy atom. The van der Waals surface area contributed by atoms with Gasteiger partial charge in [0.2, 0.25) is 0 Å². The van der Waals surface area contributed by atoms with Crippen LogP contribution < -0.4 is 9.47 Å². The summed E-state index contributed by atoms with van der Waals surface area (Å²) in [4.78, 5) is 12.0. The van der Waals surface area contributed by atoms with Crippen molar-refractivity contribution in [2.45, 2.75) is 12.8 Å². The monoisotopic (exact) mass is 743 g/mol.